The molecule has 0 aliphatic heterocycles. The van der Waals surface area contributed by atoms with Crippen molar-refractivity contribution in [2.45, 2.75) is 58.8 Å². The first-order valence-electron chi connectivity index (χ1n) is 6.30. The van der Waals surface area contributed by atoms with E-state index in [1.807, 2.05) is 0 Å². The first-order valence-corrected chi connectivity index (χ1v) is 6.30. The topological polar surface area (TPSA) is 15.3 Å². The quantitative estimate of drug-likeness (QED) is 0.716. The fourth-order valence-electron chi connectivity index (χ4n) is 1.74. The normalized spacial score (nSPS) is 14.6. The molecule has 0 amide bonds. The number of hydrogen-bond donors (Lipinski definition) is 1. The van der Waals surface area contributed by atoms with Crippen molar-refractivity contribution < 1.29 is 13.2 Å². The molecule has 104 valence electrons. The zero-order valence-corrected chi connectivity index (χ0v) is 11.3. The number of nitrogens with zero attached hydrogens (tertiary/aromatic N) is 1. The summed E-state index contributed by atoms with van der Waals surface area (Å²) in [4.78, 5) is 1.45. The van der Waals surface area contributed by atoms with Gasteiger partial charge in [0.25, 0.3) is 0 Å². The summed E-state index contributed by atoms with van der Waals surface area (Å²) in [6.07, 6.45) is -1.97. The Kier molecular flexibility index (Phi) is 7.79. The average Bonchev–Trinajstić information content (AvgIpc) is 2.14. The molecular weight excluding hydrogens is 229 g/mol. The SMILES string of the molecule is CCCC(C)NCCN(CC(F)(F)F)C(C)C. The average molecular weight is 254 g/mol. The molecule has 0 saturated carbocycles. The Bertz CT molecular complexity index is 193. The standard InChI is InChI=1S/C12H25F3N2/c1-5-6-11(4)16-7-8-17(10(2)3)9-12(13,14)15/h10-11,16H,5-9H2,1-4H3. The molecule has 0 saturated heterocycles. The Morgan fingerprint density at radius 2 is 1.76 bits per heavy atom. The Morgan fingerprint density at radius 3 is 2.18 bits per heavy atom. The highest BCUT2D eigenvalue weighted by molar-refractivity contribution is 4.69. The van der Waals surface area contributed by atoms with Crippen LogP contribution < -0.4 is 5.32 Å². The van der Waals surface area contributed by atoms with E-state index in [0.29, 0.717) is 19.1 Å². The van der Waals surface area contributed by atoms with Crippen LogP contribution in [0.2, 0.25) is 0 Å². The van der Waals surface area contributed by atoms with E-state index in [2.05, 4.69) is 19.2 Å². The number of nitrogens with one attached hydrogen (secondary N) is 1. The maximum absolute atomic E-state index is 12.3. The van der Waals surface area contributed by atoms with Crippen molar-refractivity contribution in [3.63, 3.8) is 0 Å². The zero-order chi connectivity index (χ0) is 13.5. The van der Waals surface area contributed by atoms with Crippen molar-refractivity contribution in [3.05, 3.63) is 0 Å². The Balaban J connectivity index is 3.94. The van der Waals surface area contributed by atoms with Gasteiger partial charge in [-0.2, -0.15) is 13.2 Å². The molecule has 1 N–H and O–H groups in total. The van der Waals surface area contributed by atoms with E-state index in [0.717, 1.165) is 12.8 Å². The summed E-state index contributed by atoms with van der Waals surface area (Å²) in [6, 6.07) is 0.291. The van der Waals surface area contributed by atoms with Crippen molar-refractivity contribution >= 4 is 0 Å². The number of rotatable bonds is 8. The smallest absolute Gasteiger partial charge is 0.313 e. The van der Waals surface area contributed by atoms with Gasteiger partial charge in [0.15, 0.2) is 0 Å². The first kappa shape index (κ1) is 16.7. The predicted molar refractivity (Wildman–Crippen MR) is 65.1 cm³/mol. The van der Waals surface area contributed by atoms with Gasteiger partial charge in [0.05, 0.1) is 6.54 Å². The van der Waals surface area contributed by atoms with Crippen LogP contribution in [0.15, 0.2) is 0 Å². The van der Waals surface area contributed by atoms with Crippen molar-refractivity contribution in [1.29, 1.82) is 0 Å². The summed E-state index contributed by atoms with van der Waals surface area (Å²) >= 11 is 0. The summed E-state index contributed by atoms with van der Waals surface area (Å²) in [7, 11) is 0. The molecule has 0 aromatic carbocycles. The minimum absolute atomic E-state index is 0.0834. The van der Waals surface area contributed by atoms with Gasteiger partial charge in [-0.25, -0.2) is 0 Å². The third-order valence-electron chi connectivity index (χ3n) is 2.73. The number of halogens is 3. The largest absolute Gasteiger partial charge is 0.401 e. The van der Waals surface area contributed by atoms with Crippen LogP contribution in [0.4, 0.5) is 13.2 Å². The minimum atomic E-state index is -4.11. The van der Waals surface area contributed by atoms with Crippen LogP contribution in [0.5, 0.6) is 0 Å². The molecule has 0 aromatic heterocycles. The predicted octanol–water partition coefficient (Wildman–Crippen LogP) is 3.04. The Labute approximate surface area is 103 Å². The molecular formula is C12H25F3N2. The summed E-state index contributed by atoms with van der Waals surface area (Å²) in [5, 5.41) is 3.25. The van der Waals surface area contributed by atoms with Crippen molar-refractivity contribution in [2.24, 2.45) is 0 Å². The van der Waals surface area contributed by atoms with Crippen LogP contribution in [0.25, 0.3) is 0 Å². The van der Waals surface area contributed by atoms with E-state index in [4.69, 9.17) is 0 Å². The lowest BCUT2D eigenvalue weighted by atomic mass is 10.2. The van der Waals surface area contributed by atoms with E-state index in [-0.39, 0.29) is 6.04 Å². The van der Waals surface area contributed by atoms with Gasteiger partial charge in [-0.3, -0.25) is 4.90 Å². The van der Waals surface area contributed by atoms with Crippen LogP contribution >= 0.6 is 0 Å². The third kappa shape index (κ3) is 9.41. The molecule has 0 aliphatic rings. The Hall–Kier alpha value is -0.290. The van der Waals surface area contributed by atoms with Gasteiger partial charge in [0.2, 0.25) is 0 Å². The minimum Gasteiger partial charge on any atom is -0.313 e. The van der Waals surface area contributed by atoms with Crippen LogP contribution in [0, 0.1) is 0 Å². The van der Waals surface area contributed by atoms with E-state index in [1.165, 1.54) is 4.90 Å². The van der Waals surface area contributed by atoms with Crippen LogP contribution in [0.3, 0.4) is 0 Å². The molecule has 0 heterocycles. The summed E-state index contributed by atoms with van der Waals surface area (Å²) in [5.41, 5.74) is 0. The van der Waals surface area contributed by atoms with Gasteiger partial charge in [-0.15, -0.1) is 0 Å². The Morgan fingerprint density at radius 1 is 1.18 bits per heavy atom. The lowest BCUT2D eigenvalue weighted by Gasteiger charge is -2.28. The highest BCUT2D eigenvalue weighted by atomic mass is 19.4. The maximum atomic E-state index is 12.3. The number of hydrogen-bond acceptors (Lipinski definition) is 2. The van der Waals surface area contributed by atoms with Gasteiger partial charge in [0, 0.05) is 25.2 Å². The summed E-state index contributed by atoms with van der Waals surface area (Å²) < 4.78 is 36.9. The monoisotopic (exact) mass is 254 g/mol. The highest BCUT2D eigenvalue weighted by Gasteiger charge is 2.31. The fraction of sp³-hybridized carbons (Fsp3) is 1.00. The highest BCUT2D eigenvalue weighted by Crippen LogP contribution is 2.17. The van der Waals surface area contributed by atoms with Crippen molar-refractivity contribution in [1.82, 2.24) is 10.2 Å². The summed E-state index contributed by atoms with van der Waals surface area (Å²) in [6.45, 7) is 7.97. The van der Waals surface area contributed by atoms with E-state index in [1.54, 1.807) is 13.8 Å². The van der Waals surface area contributed by atoms with E-state index < -0.39 is 12.7 Å². The lowest BCUT2D eigenvalue weighted by Crippen LogP contribution is -2.43. The summed E-state index contributed by atoms with van der Waals surface area (Å²) in [5.74, 6) is 0. The van der Waals surface area contributed by atoms with Crippen LogP contribution in [0.1, 0.15) is 40.5 Å². The molecule has 1 atom stereocenters. The molecule has 0 spiro atoms. The molecule has 5 heteroatoms. The number of alkyl halides is 3. The second-order valence-electron chi connectivity index (χ2n) is 4.82. The molecule has 17 heavy (non-hydrogen) atoms. The zero-order valence-electron chi connectivity index (χ0n) is 11.3. The maximum Gasteiger partial charge on any atom is 0.401 e. The molecule has 0 rings (SSSR count). The second kappa shape index (κ2) is 7.93. The molecule has 0 fully saturated rings. The van der Waals surface area contributed by atoms with E-state index >= 15 is 0 Å². The van der Waals surface area contributed by atoms with E-state index in [9.17, 15) is 13.2 Å². The van der Waals surface area contributed by atoms with Gasteiger partial charge in [0.1, 0.15) is 0 Å². The molecule has 1 unspecified atom stereocenters. The molecule has 2 nitrogen and oxygen atoms in total. The molecule has 0 bridgehead atoms. The van der Waals surface area contributed by atoms with Crippen LogP contribution in [-0.4, -0.2) is 42.8 Å². The third-order valence-corrected chi connectivity index (χ3v) is 2.73. The fourth-order valence-corrected chi connectivity index (χ4v) is 1.74. The van der Waals surface area contributed by atoms with Gasteiger partial charge < -0.3 is 5.32 Å². The van der Waals surface area contributed by atoms with Crippen molar-refractivity contribution in [2.75, 3.05) is 19.6 Å². The second-order valence-corrected chi connectivity index (χ2v) is 4.82. The van der Waals surface area contributed by atoms with Gasteiger partial charge in [-0.05, 0) is 27.2 Å². The van der Waals surface area contributed by atoms with Crippen LogP contribution in [-0.2, 0) is 0 Å². The lowest BCUT2D eigenvalue weighted by molar-refractivity contribution is -0.149. The van der Waals surface area contributed by atoms with Crippen molar-refractivity contribution in [3.8, 4) is 0 Å². The first-order chi connectivity index (χ1) is 7.76. The molecule has 0 aliphatic carbocycles. The van der Waals surface area contributed by atoms with Gasteiger partial charge in [-0.1, -0.05) is 13.3 Å². The molecule has 0 aromatic rings. The van der Waals surface area contributed by atoms with Gasteiger partial charge >= 0.3 is 6.18 Å². The molecule has 0 radical (unpaired) electrons.